The smallest absolute Gasteiger partial charge is 0.306 e. The number of carboxylic acid groups (broad SMARTS) is 1. The second kappa shape index (κ2) is 7.42. The van der Waals surface area contributed by atoms with E-state index in [0.29, 0.717) is 30.0 Å². The summed E-state index contributed by atoms with van der Waals surface area (Å²) in [5.41, 5.74) is 7.29. The lowest BCUT2D eigenvalue weighted by Crippen LogP contribution is -2.51. The summed E-state index contributed by atoms with van der Waals surface area (Å²) in [6.07, 6.45) is 1.47. The second-order valence-corrected chi connectivity index (χ2v) is 6.44. The monoisotopic (exact) mass is 371 g/mol. The first kappa shape index (κ1) is 18.6. The molecule has 0 saturated heterocycles. The van der Waals surface area contributed by atoms with Crippen LogP contribution in [0.2, 0.25) is 5.02 Å². The lowest BCUT2D eigenvalue weighted by Gasteiger charge is -2.32. The minimum Gasteiger partial charge on any atom is -0.481 e. The number of rotatable bonds is 3. The molecule has 0 unspecified atom stereocenters. The van der Waals surface area contributed by atoms with E-state index >= 15 is 0 Å². The Morgan fingerprint density at radius 3 is 2.71 bits per heavy atom. The van der Waals surface area contributed by atoms with Crippen molar-refractivity contribution in [3.63, 3.8) is 0 Å². The van der Waals surface area contributed by atoms with Crippen molar-refractivity contribution in [3.8, 4) is 0 Å². The maximum Gasteiger partial charge on any atom is 0.306 e. The zero-order chi connectivity index (χ0) is 16.6. The van der Waals surface area contributed by atoms with Gasteiger partial charge < -0.3 is 21.1 Å². The van der Waals surface area contributed by atoms with Crippen molar-refractivity contribution in [2.75, 3.05) is 0 Å². The van der Waals surface area contributed by atoms with E-state index in [0.717, 1.165) is 10.9 Å². The lowest BCUT2D eigenvalue weighted by atomic mass is 9.82. The lowest BCUT2D eigenvalue weighted by molar-refractivity contribution is -0.143. The number of aromatic nitrogens is 1. The van der Waals surface area contributed by atoms with Crippen LogP contribution in [-0.2, 0) is 4.79 Å². The zero-order valence-corrected chi connectivity index (χ0v) is 14.4. The van der Waals surface area contributed by atoms with Gasteiger partial charge in [-0.3, -0.25) is 9.59 Å². The minimum absolute atomic E-state index is 0. The predicted molar refractivity (Wildman–Crippen MR) is 94.8 cm³/mol. The van der Waals surface area contributed by atoms with Crippen LogP contribution in [-0.4, -0.2) is 34.1 Å². The Bertz CT molecular complexity index is 762. The van der Waals surface area contributed by atoms with Gasteiger partial charge in [-0.1, -0.05) is 11.6 Å². The molecular formula is C16H19Cl2N3O3. The van der Waals surface area contributed by atoms with Gasteiger partial charge in [0.15, 0.2) is 0 Å². The molecule has 3 rings (SSSR count). The average molecular weight is 372 g/mol. The van der Waals surface area contributed by atoms with Crippen LogP contribution < -0.4 is 11.1 Å². The van der Waals surface area contributed by atoms with Crippen molar-refractivity contribution in [3.05, 3.63) is 35.0 Å². The Morgan fingerprint density at radius 2 is 2.04 bits per heavy atom. The van der Waals surface area contributed by atoms with E-state index in [4.69, 9.17) is 22.4 Å². The molecule has 0 radical (unpaired) electrons. The summed E-state index contributed by atoms with van der Waals surface area (Å²) >= 11 is 5.94. The highest BCUT2D eigenvalue weighted by Crippen LogP contribution is 2.25. The van der Waals surface area contributed by atoms with Gasteiger partial charge in [-0.2, -0.15) is 0 Å². The Hall–Kier alpha value is -1.76. The summed E-state index contributed by atoms with van der Waals surface area (Å²) < 4.78 is 0. The third kappa shape index (κ3) is 3.83. The van der Waals surface area contributed by atoms with Crippen LogP contribution in [0.15, 0.2) is 24.3 Å². The van der Waals surface area contributed by atoms with Gasteiger partial charge in [0.25, 0.3) is 5.91 Å². The molecule has 5 N–H and O–H groups in total. The molecule has 1 amide bonds. The van der Waals surface area contributed by atoms with Gasteiger partial charge in [-0.25, -0.2) is 0 Å². The first-order valence-electron chi connectivity index (χ1n) is 7.51. The van der Waals surface area contributed by atoms with Crippen LogP contribution in [0.1, 0.15) is 29.8 Å². The third-order valence-corrected chi connectivity index (χ3v) is 4.63. The van der Waals surface area contributed by atoms with Gasteiger partial charge in [0.2, 0.25) is 0 Å². The van der Waals surface area contributed by atoms with Gasteiger partial charge in [-0.15, -0.1) is 12.4 Å². The molecule has 1 aromatic heterocycles. The third-order valence-electron chi connectivity index (χ3n) is 4.39. The molecule has 0 bridgehead atoms. The summed E-state index contributed by atoms with van der Waals surface area (Å²) in [7, 11) is 0. The van der Waals surface area contributed by atoms with Crippen molar-refractivity contribution in [1.29, 1.82) is 0 Å². The number of carboxylic acids is 1. The number of fused-ring (bicyclic) bond motifs is 1. The van der Waals surface area contributed by atoms with Gasteiger partial charge in [-0.05, 0) is 43.5 Å². The molecule has 0 aliphatic heterocycles. The van der Waals surface area contributed by atoms with Gasteiger partial charge in [0.1, 0.15) is 5.69 Å². The summed E-state index contributed by atoms with van der Waals surface area (Å²) in [5.74, 6) is -1.49. The van der Waals surface area contributed by atoms with Crippen LogP contribution in [0.4, 0.5) is 0 Å². The van der Waals surface area contributed by atoms with Crippen LogP contribution in [0, 0.1) is 5.92 Å². The number of amides is 1. The molecule has 24 heavy (non-hydrogen) atoms. The molecule has 1 saturated carbocycles. The standard InChI is InChI=1S/C16H18ClN3O3.ClH/c17-10-2-4-12-9(5-10)7-14(19-12)15(21)20-13-3-1-8(16(22)23)6-11(13)18;/h2,4-5,7-8,11,13,19H,1,3,6,18H2,(H,20,21)(H,22,23);1H/t8-,11+,13-;/m1./s1. The highest BCUT2D eigenvalue weighted by Gasteiger charge is 2.32. The number of aromatic amines is 1. The van der Waals surface area contributed by atoms with Gasteiger partial charge >= 0.3 is 5.97 Å². The first-order valence-corrected chi connectivity index (χ1v) is 7.89. The summed E-state index contributed by atoms with van der Waals surface area (Å²) in [5, 5.41) is 13.4. The fourth-order valence-electron chi connectivity index (χ4n) is 3.08. The number of nitrogens with two attached hydrogens (primary N) is 1. The molecule has 130 valence electrons. The summed E-state index contributed by atoms with van der Waals surface area (Å²) in [4.78, 5) is 26.4. The molecule has 8 heteroatoms. The summed E-state index contributed by atoms with van der Waals surface area (Å²) in [6, 6.07) is 6.53. The van der Waals surface area contributed by atoms with Crippen molar-refractivity contribution >= 4 is 46.8 Å². The second-order valence-electron chi connectivity index (χ2n) is 6.01. The van der Waals surface area contributed by atoms with Gasteiger partial charge in [0.05, 0.1) is 5.92 Å². The number of benzene rings is 1. The maximum atomic E-state index is 12.4. The number of nitrogens with one attached hydrogen (secondary N) is 2. The van der Waals surface area contributed by atoms with E-state index < -0.39 is 11.9 Å². The molecular weight excluding hydrogens is 353 g/mol. The van der Waals surface area contributed by atoms with Crippen LogP contribution in [0.3, 0.4) is 0 Å². The van der Waals surface area contributed by atoms with E-state index in [2.05, 4.69) is 10.3 Å². The van der Waals surface area contributed by atoms with Crippen molar-refractivity contribution < 1.29 is 14.7 Å². The average Bonchev–Trinajstić information content (AvgIpc) is 2.92. The fraction of sp³-hybridized carbons (Fsp3) is 0.375. The molecule has 3 atom stereocenters. The number of H-pyrrole nitrogens is 1. The van der Waals surface area contributed by atoms with Crippen molar-refractivity contribution in [1.82, 2.24) is 10.3 Å². The molecule has 2 aromatic rings. The van der Waals surface area contributed by atoms with Gasteiger partial charge in [0, 0.05) is 28.0 Å². The number of carbonyl (C=O) groups excluding carboxylic acids is 1. The Balaban J connectivity index is 0.00000208. The van der Waals surface area contributed by atoms with Crippen LogP contribution in [0.5, 0.6) is 0 Å². The number of hydrogen-bond acceptors (Lipinski definition) is 3. The zero-order valence-electron chi connectivity index (χ0n) is 12.8. The van der Waals surface area contributed by atoms with Crippen molar-refractivity contribution in [2.45, 2.75) is 31.3 Å². The molecule has 1 aromatic carbocycles. The Kier molecular flexibility index (Phi) is 5.74. The first-order chi connectivity index (χ1) is 10.9. The number of aliphatic carboxylic acids is 1. The Labute approximate surface area is 150 Å². The predicted octanol–water partition coefficient (Wildman–Crippen LogP) is 2.55. The molecule has 6 nitrogen and oxygen atoms in total. The molecule has 0 spiro atoms. The largest absolute Gasteiger partial charge is 0.481 e. The Morgan fingerprint density at radius 1 is 1.29 bits per heavy atom. The van der Waals surface area contributed by atoms with Crippen molar-refractivity contribution in [2.24, 2.45) is 11.7 Å². The normalized spacial score (nSPS) is 23.5. The highest BCUT2D eigenvalue weighted by atomic mass is 35.5. The number of halogens is 2. The minimum atomic E-state index is -0.822. The highest BCUT2D eigenvalue weighted by molar-refractivity contribution is 6.31. The molecule has 1 aliphatic rings. The molecule has 1 heterocycles. The molecule has 1 fully saturated rings. The topological polar surface area (TPSA) is 108 Å². The van der Waals surface area contributed by atoms with Crippen LogP contribution >= 0.6 is 24.0 Å². The molecule has 1 aliphatic carbocycles. The maximum absolute atomic E-state index is 12.4. The quantitative estimate of drug-likeness (QED) is 0.664. The van der Waals surface area contributed by atoms with E-state index in [1.165, 1.54) is 0 Å². The van der Waals surface area contributed by atoms with E-state index in [-0.39, 0.29) is 30.4 Å². The van der Waals surface area contributed by atoms with E-state index in [1.807, 2.05) is 6.07 Å². The number of carbonyl (C=O) groups is 2. The fourth-order valence-corrected chi connectivity index (χ4v) is 3.26. The van der Waals surface area contributed by atoms with E-state index in [9.17, 15) is 9.59 Å². The van der Waals surface area contributed by atoms with Crippen LogP contribution in [0.25, 0.3) is 10.9 Å². The summed E-state index contributed by atoms with van der Waals surface area (Å²) in [6.45, 7) is 0. The SMILES string of the molecule is Cl.N[C@H]1C[C@H](C(=O)O)CC[C@H]1NC(=O)c1cc2cc(Cl)ccc2[nH]1. The number of hydrogen-bond donors (Lipinski definition) is 4. The van der Waals surface area contributed by atoms with E-state index in [1.54, 1.807) is 18.2 Å².